The molecular formula is C22H28IN5OS. The van der Waals surface area contributed by atoms with Crippen molar-refractivity contribution in [2.75, 3.05) is 13.1 Å². The molecule has 0 aliphatic carbocycles. The molecule has 2 aromatic heterocycles. The Labute approximate surface area is 199 Å². The molecule has 0 radical (unpaired) electrons. The van der Waals surface area contributed by atoms with E-state index in [0.717, 1.165) is 53.2 Å². The third-order valence-corrected chi connectivity index (χ3v) is 4.94. The first-order valence-corrected chi connectivity index (χ1v) is 10.7. The molecule has 6 nitrogen and oxygen atoms in total. The number of pyridine rings is 1. The molecule has 2 N–H and O–H groups in total. The topological polar surface area (TPSA) is 71.4 Å². The zero-order chi connectivity index (χ0) is 20.3. The van der Waals surface area contributed by atoms with Gasteiger partial charge in [0.05, 0.1) is 22.9 Å². The van der Waals surface area contributed by atoms with E-state index in [1.807, 2.05) is 43.3 Å². The van der Waals surface area contributed by atoms with E-state index < -0.39 is 0 Å². The van der Waals surface area contributed by atoms with Gasteiger partial charge in [0.25, 0.3) is 0 Å². The Hall–Kier alpha value is -2.20. The average Bonchev–Trinajstić information content (AvgIpc) is 3.16. The monoisotopic (exact) mass is 537 g/mol. The summed E-state index contributed by atoms with van der Waals surface area (Å²) in [6.07, 6.45) is 2.65. The molecule has 0 saturated heterocycles. The van der Waals surface area contributed by atoms with Gasteiger partial charge in [-0.25, -0.2) is 9.98 Å². The molecule has 30 heavy (non-hydrogen) atoms. The van der Waals surface area contributed by atoms with Crippen LogP contribution in [0, 0.1) is 6.92 Å². The van der Waals surface area contributed by atoms with E-state index in [1.165, 1.54) is 0 Å². The van der Waals surface area contributed by atoms with Gasteiger partial charge in [-0.3, -0.25) is 4.98 Å². The number of thiazole rings is 1. The van der Waals surface area contributed by atoms with Crippen LogP contribution in [0.5, 0.6) is 5.75 Å². The highest BCUT2D eigenvalue weighted by Gasteiger charge is 2.02. The van der Waals surface area contributed by atoms with Crippen molar-refractivity contribution >= 4 is 41.3 Å². The SMILES string of the molecule is CCNC(=NCc1cccc(OCc2ccccn2)c1)NCCc1csc(C)n1.I. The lowest BCUT2D eigenvalue weighted by molar-refractivity contribution is 0.301. The minimum Gasteiger partial charge on any atom is -0.487 e. The van der Waals surface area contributed by atoms with Gasteiger partial charge in [-0.1, -0.05) is 18.2 Å². The number of halogens is 1. The lowest BCUT2D eigenvalue weighted by atomic mass is 10.2. The highest BCUT2D eigenvalue weighted by Crippen LogP contribution is 2.15. The quantitative estimate of drug-likeness (QED) is 0.242. The van der Waals surface area contributed by atoms with Crippen molar-refractivity contribution in [3.8, 4) is 5.75 Å². The summed E-state index contributed by atoms with van der Waals surface area (Å²) in [5.74, 6) is 1.62. The number of rotatable bonds is 9. The van der Waals surface area contributed by atoms with Gasteiger partial charge in [0.15, 0.2) is 5.96 Å². The third kappa shape index (κ3) is 8.27. The third-order valence-electron chi connectivity index (χ3n) is 4.12. The summed E-state index contributed by atoms with van der Waals surface area (Å²) in [5.41, 5.74) is 3.12. The van der Waals surface area contributed by atoms with Crippen molar-refractivity contribution < 1.29 is 4.74 Å². The Kier molecular flexibility index (Phi) is 10.6. The molecule has 0 aliphatic rings. The maximum atomic E-state index is 5.85. The van der Waals surface area contributed by atoms with Gasteiger partial charge in [0.2, 0.25) is 0 Å². The van der Waals surface area contributed by atoms with Gasteiger partial charge in [-0.05, 0) is 43.7 Å². The molecule has 8 heteroatoms. The van der Waals surface area contributed by atoms with Gasteiger partial charge in [0, 0.05) is 31.1 Å². The molecule has 0 unspecified atom stereocenters. The van der Waals surface area contributed by atoms with E-state index in [1.54, 1.807) is 17.5 Å². The van der Waals surface area contributed by atoms with Crippen molar-refractivity contribution in [2.24, 2.45) is 4.99 Å². The van der Waals surface area contributed by atoms with E-state index >= 15 is 0 Å². The Balaban J connectivity index is 0.00000320. The first kappa shape index (κ1) is 24.1. The molecule has 2 heterocycles. The van der Waals surface area contributed by atoms with Crippen molar-refractivity contribution in [1.82, 2.24) is 20.6 Å². The van der Waals surface area contributed by atoms with Crippen LogP contribution in [0.1, 0.15) is 28.9 Å². The van der Waals surface area contributed by atoms with E-state index in [2.05, 4.69) is 44.0 Å². The predicted octanol–water partition coefficient (Wildman–Crippen LogP) is 4.34. The van der Waals surface area contributed by atoms with Crippen LogP contribution in [0.3, 0.4) is 0 Å². The fourth-order valence-electron chi connectivity index (χ4n) is 2.72. The van der Waals surface area contributed by atoms with E-state index in [0.29, 0.717) is 13.2 Å². The van der Waals surface area contributed by atoms with Crippen molar-refractivity contribution in [1.29, 1.82) is 0 Å². The van der Waals surface area contributed by atoms with Crippen LogP contribution in [-0.2, 0) is 19.6 Å². The summed E-state index contributed by atoms with van der Waals surface area (Å²) >= 11 is 1.68. The Morgan fingerprint density at radius 1 is 1.13 bits per heavy atom. The number of aromatic nitrogens is 2. The van der Waals surface area contributed by atoms with Crippen LogP contribution in [0.2, 0.25) is 0 Å². The van der Waals surface area contributed by atoms with Gasteiger partial charge in [-0.15, -0.1) is 35.3 Å². The number of hydrogen-bond acceptors (Lipinski definition) is 5. The second-order valence-electron chi connectivity index (χ2n) is 6.49. The molecule has 0 bridgehead atoms. The molecular weight excluding hydrogens is 509 g/mol. The number of hydrogen-bond donors (Lipinski definition) is 2. The van der Waals surface area contributed by atoms with Gasteiger partial charge in [0.1, 0.15) is 12.4 Å². The number of aryl methyl sites for hydroxylation is 1. The number of nitrogens with zero attached hydrogens (tertiary/aromatic N) is 3. The van der Waals surface area contributed by atoms with Crippen molar-refractivity contribution in [3.05, 3.63) is 76.0 Å². The minimum atomic E-state index is 0. The maximum absolute atomic E-state index is 5.85. The molecule has 0 fully saturated rings. The summed E-state index contributed by atoms with van der Waals surface area (Å²) in [6, 6.07) is 13.8. The standard InChI is InChI=1S/C22H27N5OS.HI/c1-3-23-22(25-12-10-20-16-29-17(2)27-20)26-14-18-7-6-9-21(13-18)28-15-19-8-4-5-11-24-19;/h4-9,11,13,16H,3,10,12,14-15H2,1-2H3,(H2,23,25,26);1H. The molecule has 0 amide bonds. The molecule has 0 saturated carbocycles. The predicted molar refractivity (Wildman–Crippen MR) is 134 cm³/mol. The summed E-state index contributed by atoms with van der Waals surface area (Å²) in [6.45, 7) is 6.73. The smallest absolute Gasteiger partial charge is 0.191 e. The van der Waals surface area contributed by atoms with Gasteiger partial charge in [-0.2, -0.15) is 0 Å². The fraction of sp³-hybridized carbons (Fsp3) is 0.318. The van der Waals surface area contributed by atoms with Crippen LogP contribution in [0.4, 0.5) is 0 Å². The normalized spacial score (nSPS) is 10.9. The number of benzene rings is 1. The highest BCUT2D eigenvalue weighted by molar-refractivity contribution is 14.0. The molecule has 0 spiro atoms. The van der Waals surface area contributed by atoms with Crippen molar-refractivity contribution in [2.45, 2.75) is 33.4 Å². The molecule has 160 valence electrons. The van der Waals surface area contributed by atoms with E-state index in [9.17, 15) is 0 Å². The van der Waals surface area contributed by atoms with Crippen LogP contribution in [-0.4, -0.2) is 29.0 Å². The van der Waals surface area contributed by atoms with Gasteiger partial charge < -0.3 is 15.4 Å². The molecule has 1 aromatic carbocycles. The summed E-state index contributed by atoms with van der Waals surface area (Å²) in [4.78, 5) is 13.5. The second-order valence-corrected chi connectivity index (χ2v) is 7.55. The molecule has 3 rings (SSSR count). The van der Waals surface area contributed by atoms with Crippen LogP contribution < -0.4 is 15.4 Å². The maximum Gasteiger partial charge on any atom is 0.191 e. The van der Waals surface area contributed by atoms with Crippen LogP contribution >= 0.6 is 35.3 Å². The number of ether oxygens (including phenoxy) is 1. The zero-order valence-electron chi connectivity index (χ0n) is 17.3. The van der Waals surface area contributed by atoms with Gasteiger partial charge >= 0.3 is 0 Å². The highest BCUT2D eigenvalue weighted by atomic mass is 127. The lowest BCUT2D eigenvalue weighted by Gasteiger charge is -2.11. The molecule has 0 aliphatic heterocycles. The first-order valence-electron chi connectivity index (χ1n) is 9.78. The van der Waals surface area contributed by atoms with Crippen LogP contribution in [0.15, 0.2) is 59.0 Å². The molecule has 3 aromatic rings. The number of nitrogens with one attached hydrogen (secondary N) is 2. The minimum absolute atomic E-state index is 0. The average molecular weight is 537 g/mol. The lowest BCUT2D eigenvalue weighted by Crippen LogP contribution is -2.38. The Morgan fingerprint density at radius 3 is 2.77 bits per heavy atom. The van der Waals surface area contributed by atoms with Crippen LogP contribution in [0.25, 0.3) is 0 Å². The zero-order valence-corrected chi connectivity index (χ0v) is 20.4. The molecule has 0 atom stereocenters. The number of guanidine groups is 1. The summed E-state index contributed by atoms with van der Waals surface area (Å²) in [5, 5.41) is 9.87. The second kappa shape index (κ2) is 13.2. The largest absolute Gasteiger partial charge is 0.487 e. The first-order chi connectivity index (χ1) is 14.2. The Morgan fingerprint density at radius 2 is 2.03 bits per heavy atom. The van der Waals surface area contributed by atoms with Crippen molar-refractivity contribution in [3.63, 3.8) is 0 Å². The van der Waals surface area contributed by atoms with E-state index in [-0.39, 0.29) is 24.0 Å². The summed E-state index contributed by atoms with van der Waals surface area (Å²) < 4.78 is 5.85. The van der Waals surface area contributed by atoms with E-state index in [4.69, 9.17) is 4.74 Å². The Bertz CT molecular complexity index is 917. The number of aliphatic imine (C=N–C) groups is 1. The fourth-order valence-corrected chi connectivity index (χ4v) is 3.37. The summed E-state index contributed by atoms with van der Waals surface area (Å²) in [7, 11) is 0.